The van der Waals surface area contributed by atoms with Crippen LogP contribution in [0.2, 0.25) is 0 Å². The van der Waals surface area contributed by atoms with Crippen LogP contribution in [0.4, 0.5) is 5.69 Å². The molecule has 0 heterocycles. The van der Waals surface area contributed by atoms with E-state index in [2.05, 4.69) is 43.8 Å². The molecule has 1 amide bonds. The fourth-order valence-electron chi connectivity index (χ4n) is 0.907. The molecule has 3 N–H and O–H groups in total. The molecule has 0 bridgehead atoms. The van der Waals surface area contributed by atoms with Crippen LogP contribution >= 0.6 is 38.5 Å². The summed E-state index contributed by atoms with van der Waals surface area (Å²) in [4.78, 5) is 10.8. The molecule has 0 saturated carbocycles. The molecule has 1 aromatic rings. The molecule has 1 unspecified atom stereocenters. The van der Waals surface area contributed by atoms with E-state index < -0.39 is 0 Å². The number of rotatable bonds is 3. The van der Waals surface area contributed by atoms with Gasteiger partial charge in [0.1, 0.15) is 6.04 Å². The number of carbonyl (C=O) groups is 1. The van der Waals surface area contributed by atoms with Gasteiger partial charge < -0.3 is 11.1 Å². The number of primary amides is 1. The molecule has 0 aromatic heterocycles. The van der Waals surface area contributed by atoms with Gasteiger partial charge in [-0.05, 0) is 63.6 Å². The van der Waals surface area contributed by atoms with Gasteiger partial charge in [-0.1, -0.05) is 0 Å². The Morgan fingerprint density at radius 1 is 1.64 bits per heavy atom. The van der Waals surface area contributed by atoms with Gasteiger partial charge in [-0.15, -0.1) is 0 Å². The van der Waals surface area contributed by atoms with Gasteiger partial charge in [0.25, 0.3) is 0 Å². The highest BCUT2D eigenvalue weighted by molar-refractivity contribution is 14.1. The lowest BCUT2D eigenvalue weighted by Gasteiger charge is -2.12. The van der Waals surface area contributed by atoms with Crippen LogP contribution in [0.5, 0.6) is 0 Å². The predicted molar refractivity (Wildman–Crippen MR) is 69.1 cm³/mol. The number of carbonyl (C=O) groups excluding carboxylic acids is 1. The van der Waals surface area contributed by atoms with E-state index in [1.54, 1.807) is 6.92 Å². The Balaban J connectivity index is 2.78. The third kappa shape index (κ3) is 3.13. The van der Waals surface area contributed by atoms with E-state index in [1.807, 2.05) is 18.2 Å². The van der Waals surface area contributed by atoms with Crippen LogP contribution in [0.3, 0.4) is 0 Å². The second-order valence-electron chi connectivity index (χ2n) is 2.90. The fourth-order valence-corrected chi connectivity index (χ4v) is 1.67. The first-order valence-corrected chi connectivity index (χ1v) is 5.89. The van der Waals surface area contributed by atoms with E-state index in [0.29, 0.717) is 0 Å². The van der Waals surface area contributed by atoms with Crippen LogP contribution in [0, 0.1) is 3.57 Å². The average molecular weight is 369 g/mol. The van der Waals surface area contributed by atoms with Crippen molar-refractivity contribution in [2.24, 2.45) is 5.73 Å². The van der Waals surface area contributed by atoms with Crippen molar-refractivity contribution in [2.45, 2.75) is 13.0 Å². The zero-order valence-corrected chi connectivity index (χ0v) is 11.3. The van der Waals surface area contributed by atoms with E-state index >= 15 is 0 Å². The molecule has 1 atom stereocenters. The third-order valence-electron chi connectivity index (χ3n) is 1.73. The van der Waals surface area contributed by atoms with Crippen molar-refractivity contribution < 1.29 is 4.79 Å². The molecule has 1 rings (SSSR count). The average Bonchev–Trinajstić information content (AvgIpc) is 2.11. The lowest BCUT2D eigenvalue weighted by Crippen LogP contribution is -2.32. The minimum Gasteiger partial charge on any atom is -0.374 e. The minimum atomic E-state index is -0.358. The largest absolute Gasteiger partial charge is 0.374 e. The summed E-state index contributed by atoms with van der Waals surface area (Å²) in [6.07, 6.45) is 0. The molecule has 76 valence electrons. The van der Waals surface area contributed by atoms with Gasteiger partial charge in [0.05, 0.1) is 0 Å². The standard InChI is InChI=1S/C9H10BrIN2O/c1-5(9(12)14)13-6-2-3-7(10)8(11)4-6/h2-5,13H,1H3,(H2,12,14). The van der Waals surface area contributed by atoms with Crippen molar-refractivity contribution in [3.8, 4) is 0 Å². The van der Waals surface area contributed by atoms with Crippen LogP contribution in [0.25, 0.3) is 0 Å². The van der Waals surface area contributed by atoms with Gasteiger partial charge >= 0.3 is 0 Å². The molecule has 1 aromatic carbocycles. The molecule has 0 aliphatic rings. The summed E-state index contributed by atoms with van der Waals surface area (Å²) >= 11 is 5.61. The number of nitrogens with one attached hydrogen (secondary N) is 1. The summed E-state index contributed by atoms with van der Waals surface area (Å²) < 4.78 is 2.12. The molecule has 0 aliphatic heterocycles. The van der Waals surface area contributed by atoms with Gasteiger partial charge in [0.15, 0.2) is 0 Å². The minimum absolute atomic E-state index is 0.355. The van der Waals surface area contributed by atoms with Crippen molar-refractivity contribution >= 4 is 50.1 Å². The van der Waals surface area contributed by atoms with Gasteiger partial charge in [-0.3, -0.25) is 4.79 Å². The molecule has 0 fully saturated rings. The van der Waals surface area contributed by atoms with Gasteiger partial charge in [-0.25, -0.2) is 0 Å². The van der Waals surface area contributed by atoms with Crippen molar-refractivity contribution in [1.29, 1.82) is 0 Å². The summed E-state index contributed by atoms with van der Waals surface area (Å²) in [5.41, 5.74) is 6.03. The topological polar surface area (TPSA) is 55.1 Å². The summed E-state index contributed by atoms with van der Waals surface area (Å²) in [6, 6.07) is 5.42. The Kier molecular flexibility index (Phi) is 4.18. The van der Waals surface area contributed by atoms with Crippen LogP contribution in [0.15, 0.2) is 22.7 Å². The number of amides is 1. The fraction of sp³-hybridized carbons (Fsp3) is 0.222. The molecule has 0 aliphatic carbocycles. The Hall–Kier alpha value is -0.300. The van der Waals surface area contributed by atoms with Gasteiger partial charge in [0.2, 0.25) is 5.91 Å². The smallest absolute Gasteiger partial charge is 0.239 e. The Morgan fingerprint density at radius 2 is 2.29 bits per heavy atom. The number of hydrogen-bond donors (Lipinski definition) is 2. The highest BCUT2D eigenvalue weighted by atomic mass is 127. The van der Waals surface area contributed by atoms with Gasteiger partial charge in [0, 0.05) is 13.7 Å². The molecule has 14 heavy (non-hydrogen) atoms. The van der Waals surface area contributed by atoms with E-state index in [4.69, 9.17) is 5.73 Å². The van der Waals surface area contributed by atoms with Crippen molar-refractivity contribution in [3.63, 3.8) is 0 Å². The van der Waals surface area contributed by atoms with Crippen molar-refractivity contribution in [3.05, 3.63) is 26.2 Å². The van der Waals surface area contributed by atoms with E-state index in [1.165, 1.54) is 0 Å². The van der Waals surface area contributed by atoms with Crippen LogP contribution in [-0.2, 0) is 4.79 Å². The van der Waals surface area contributed by atoms with E-state index in [0.717, 1.165) is 13.7 Å². The van der Waals surface area contributed by atoms with Crippen LogP contribution in [-0.4, -0.2) is 11.9 Å². The number of anilines is 1. The summed E-state index contributed by atoms with van der Waals surface area (Å²) in [5.74, 6) is -0.358. The molecular weight excluding hydrogens is 359 g/mol. The third-order valence-corrected chi connectivity index (χ3v) is 4.05. The summed E-state index contributed by atoms with van der Waals surface area (Å²) in [6.45, 7) is 1.73. The second-order valence-corrected chi connectivity index (χ2v) is 4.91. The first-order chi connectivity index (χ1) is 6.50. The predicted octanol–water partition coefficient (Wildman–Crippen LogP) is 2.34. The maximum atomic E-state index is 10.8. The van der Waals surface area contributed by atoms with Gasteiger partial charge in [-0.2, -0.15) is 0 Å². The second kappa shape index (κ2) is 4.97. The summed E-state index contributed by atoms with van der Waals surface area (Å²) in [5, 5.41) is 3.01. The van der Waals surface area contributed by atoms with E-state index in [-0.39, 0.29) is 11.9 Å². The maximum absolute atomic E-state index is 10.8. The van der Waals surface area contributed by atoms with Crippen molar-refractivity contribution in [2.75, 3.05) is 5.32 Å². The number of nitrogens with two attached hydrogens (primary N) is 1. The highest BCUT2D eigenvalue weighted by Crippen LogP contribution is 2.22. The first kappa shape index (κ1) is 11.8. The number of halogens is 2. The molecule has 5 heteroatoms. The van der Waals surface area contributed by atoms with Crippen molar-refractivity contribution in [1.82, 2.24) is 0 Å². The molecule has 0 saturated heterocycles. The monoisotopic (exact) mass is 368 g/mol. The zero-order chi connectivity index (χ0) is 10.7. The van der Waals surface area contributed by atoms with Crippen LogP contribution < -0.4 is 11.1 Å². The SMILES string of the molecule is CC(Nc1ccc(Br)c(I)c1)C(N)=O. The number of benzene rings is 1. The maximum Gasteiger partial charge on any atom is 0.239 e. The lowest BCUT2D eigenvalue weighted by atomic mass is 10.2. The lowest BCUT2D eigenvalue weighted by molar-refractivity contribution is -0.118. The Morgan fingerprint density at radius 3 is 2.79 bits per heavy atom. The quantitative estimate of drug-likeness (QED) is 0.804. The molecule has 0 spiro atoms. The zero-order valence-electron chi connectivity index (χ0n) is 7.55. The first-order valence-electron chi connectivity index (χ1n) is 4.01. The Labute approximate surface area is 105 Å². The highest BCUT2D eigenvalue weighted by Gasteiger charge is 2.08. The summed E-state index contributed by atoms with van der Waals surface area (Å²) in [7, 11) is 0. The van der Waals surface area contributed by atoms with E-state index in [9.17, 15) is 4.79 Å². The van der Waals surface area contributed by atoms with Crippen LogP contribution in [0.1, 0.15) is 6.92 Å². The number of hydrogen-bond acceptors (Lipinski definition) is 2. The molecule has 3 nitrogen and oxygen atoms in total. The Bertz CT molecular complexity index is 357. The molecular formula is C9H10BrIN2O. The molecule has 0 radical (unpaired) electrons. The normalized spacial score (nSPS) is 12.2.